The van der Waals surface area contributed by atoms with Gasteiger partial charge in [0.1, 0.15) is 0 Å². The van der Waals surface area contributed by atoms with Crippen molar-refractivity contribution >= 4 is 17.0 Å². The first kappa shape index (κ1) is 31.7. The smallest absolute Gasteiger partial charge is 0.0498 e. The maximum absolute atomic E-state index is 4.28. The molecule has 0 spiro atoms. The topological polar surface area (TPSA) is 12.0 Å². The summed E-state index contributed by atoms with van der Waals surface area (Å²) in [4.78, 5) is 2.72. The van der Waals surface area contributed by atoms with Crippen molar-refractivity contribution in [2.75, 3.05) is 6.54 Å². The van der Waals surface area contributed by atoms with Crippen molar-refractivity contribution < 1.29 is 0 Å². The third-order valence-corrected chi connectivity index (χ3v) is 8.93. The molecule has 1 nitrogen and oxygen atoms in total. The summed E-state index contributed by atoms with van der Waals surface area (Å²) in [7, 11) is 0. The molecule has 0 saturated carbocycles. The maximum Gasteiger partial charge on any atom is 0.0498 e. The number of allylic oxidation sites excluding steroid dienone is 8. The molecule has 206 valence electrons. The highest BCUT2D eigenvalue weighted by Gasteiger charge is 2.27. The summed E-state index contributed by atoms with van der Waals surface area (Å²) in [6, 6.07) is 4.58. The summed E-state index contributed by atoms with van der Waals surface area (Å²) < 4.78 is 0. The van der Waals surface area contributed by atoms with E-state index in [2.05, 4.69) is 121 Å². The highest BCUT2D eigenvalue weighted by atomic mass is 32.1. The summed E-state index contributed by atoms with van der Waals surface area (Å²) in [5.41, 5.74) is 8.38. The fraction of sp³-hybridized carbons (Fsp3) is 0.472. The van der Waals surface area contributed by atoms with E-state index in [1.165, 1.54) is 39.3 Å². The minimum absolute atomic E-state index is 0.514. The van der Waals surface area contributed by atoms with Crippen molar-refractivity contribution in [1.82, 2.24) is 5.32 Å². The number of nitrogens with one attached hydrogen (secondary N) is 1. The lowest BCUT2D eigenvalue weighted by Gasteiger charge is -2.32. The van der Waals surface area contributed by atoms with Crippen molar-refractivity contribution in [3.63, 3.8) is 0 Å². The van der Waals surface area contributed by atoms with Crippen LogP contribution in [-0.2, 0) is 0 Å². The van der Waals surface area contributed by atoms with Gasteiger partial charge >= 0.3 is 0 Å². The molecule has 0 bridgehead atoms. The molecule has 1 aromatic rings. The summed E-state index contributed by atoms with van der Waals surface area (Å²) in [6.45, 7) is 28.9. The molecular formula is C36H51NS. The zero-order valence-electron chi connectivity index (χ0n) is 24.9. The van der Waals surface area contributed by atoms with Crippen LogP contribution in [0.5, 0.6) is 0 Å². The summed E-state index contributed by atoms with van der Waals surface area (Å²) in [5.74, 6) is 3.65. The van der Waals surface area contributed by atoms with Crippen LogP contribution in [0, 0.1) is 29.6 Å². The quantitative estimate of drug-likeness (QED) is 0.161. The molecular weight excluding hydrogens is 478 g/mol. The van der Waals surface area contributed by atoms with Gasteiger partial charge in [-0.2, -0.15) is 0 Å². The van der Waals surface area contributed by atoms with Crippen LogP contribution in [0.3, 0.4) is 0 Å². The van der Waals surface area contributed by atoms with E-state index in [4.69, 9.17) is 0 Å². The second kappa shape index (κ2) is 15.8. The van der Waals surface area contributed by atoms with E-state index in [0.717, 1.165) is 25.1 Å². The van der Waals surface area contributed by atoms with Crippen LogP contribution < -0.4 is 5.32 Å². The van der Waals surface area contributed by atoms with Gasteiger partial charge < -0.3 is 5.32 Å². The molecule has 2 aliphatic rings. The highest BCUT2D eigenvalue weighted by Crippen LogP contribution is 2.42. The molecule has 0 aromatic carbocycles. The fourth-order valence-corrected chi connectivity index (χ4v) is 6.79. The average molecular weight is 530 g/mol. The second-order valence-corrected chi connectivity index (χ2v) is 12.6. The monoisotopic (exact) mass is 529 g/mol. The normalized spacial score (nSPS) is 21.5. The van der Waals surface area contributed by atoms with Gasteiger partial charge in [0, 0.05) is 27.9 Å². The molecule has 0 aliphatic heterocycles. The molecule has 4 unspecified atom stereocenters. The van der Waals surface area contributed by atoms with Crippen LogP contribution in [0.2, 0.25) is 0 Å². The average Bonchev–Trinajstić information content (AvgIpc) is 3.38. The molecule has 3 rings (SSSR count). The molecule has 1 N–H and O–H groups in total. The summed E-state index contributed by atoms with van der Waals surface area (Å²) in [5, 5.41) is 3.45. The largest absolute Gasteiger partial charge is 0.384 e. The highest BCUT2D eigenvalue weighted by molar-refractivity contribution is 7.13. The van der Waals surface area contributed by atoms with E-state index in [9.17, 15) is 0 Å². The number of hydrogen-bond donors (Lipinski definition) is 1. The molecule has 4 atom stereocenters. The fourth-order valence-electron chi connectivity index (χ4n) is 5.72. The van der Waals surface area contributed by atoms with E-state index in [1.54, 1.807) is 0 Å². The van der Waals surface area contributed by atoms with Gasteiger partial charge in [-0.1, -0.05) is 89.3 Å². The zero-order valence-corrected chi connectivity index (χ0v) is 25.7. The van der Waals surface area contributed by atoms with Gasteiger partial charge in [0.15, 0.2) is 0 Å². The van der Waals surface area contributed by atoms with Gasteiger partial charge in [0.05, 0.1) is 0 Å². The van der Waals surface area contributed by atoms with Crippen molar-refractivity contribution in [3.05, 3.63) is 107 Å². The van der Waals surface area contributed by atoms with Gasteiger partial charge in [0.2, 0.25) is 0 Å². The molecule has 1 heterocycles. The van der Waals surface area contributed by atoms with E-state index in [-0.39, 0.29) is 0 Å². The summed E-state index contributed by atoms with van der Waals surface area (Å²) >= 11 is 1.90. The number of rotatable bonds is 12. The Labute approximate surface area is 238 Å². The van der Waals surface area contributed by atoms with Crippen LogP contribution in [0.1, 0.15) is 82.9 Å². The van der Waals surface area contributed by atoms with E-state index in [1.807, 2.05) is 17.4 Å². The third kappa shape index (κ3) is 9.04. The molecule has 0 radical (unpaired) electrons. The van der Waals surface area contributed by atoms with Crippen LogP contribution in [0.15, 0.2) is 97.4 Å². The molecule has 0 amide bonds. The van der Waals surface area contributed by atoms with Crippen LogP contribution in [0.25, 0.3) is 5.70 Å². The Balaban J connectivity index is 0.00000247. The van der Waals surface area contributed by atoms with Crippen molar-refractivity contribution in [3.8, 4) is 0 Å². The minimum atomic E-state index is 0.514. The Kier molecular flexibility index (Phi) is 13.1. The van der Waals surface area contributed by atoms with Gasteiger partial charge in [-0.25, -0.2) is 0 Å². The van der Waals surface area contributed by atoms with Crippen molar-refractivity contribution in [2.45, 2.75) is 73.1 Å². The van der Waals surface area contributed by atoms with Gasteiger partial charge in [-0.05, 0) is 86.0 Å². The Morgan fingerprint density at radius 2 is 1.95 bits per heavy atom. The van der Waals surface area contributed by atoms with Gasteiger partial charge in [-0.15, -0.1) is 30.2 Å². The first-order valence-corrected chi connectivity index (χ1v) is 15.2. The Hall–Kier alpha value is -2.54. The van der Waals surface area contributed by atoms with Crippen molar-refractivity contribution in [2.24, 2.45) is 29.6 Å². The second-order valence-electron chi connectivity index (χ2n) is 11.5. The lowest BCUT2D eigenvalue weighted by Crippen LogP contribution is -2.20. The van der Waals surface area contributed by atoms with E-state index in [0.29, 0.717) is 35.5 Å². The number of thiophene rings is 1. The molecule has 2 aliphatic carbocycles. The van der Waals surface area contributed by atoms with Gasteiger partial charge in [-0.3, -0.25) is 0 Å². The van der Waals surface area contributed by atoms with Crippen LogP contribution in [-0.4, -0.2) is 6.54 Å². The molecule has 0 saturated heterocycles. The lowest BCUT2D eigenvalue weighted by molar-refractivity contribution is 0.457. The zero-order chi connectivity index (χ0) is 28.2. The Morgan fingerprint density at radius 1 is 1.21 bits per heavy atom. The Morgan fingerprint density at radius 3 is 2.53 bits per heavy atom. The van der Waals surface area contributed by atoms with Crippen molar-refractivity contribution in [1.29, 1.82) is 0 Å². The maximum atomic E-state index is 4.28. The summed E-state index contributed by atoms with van der Waals surface area (Å²) in [6.07, 6.45) is 18.8. The minimum Gasteiger partial charge on any atom is -0.384 e. The lowest BCUT2D eigenvalue weighted by atomic mass is 9.73. The first-order valence-electron chi connectivity index (χ1n) is 14.3. The van der Waals surface area contributed by atoms with E-state index >= 15 is 0 Å². The molecule has 0 fully saturated rings. The third-order valence-electron chi connectivity index (χ3n) is 7.62. The predicted molar refractivity (Wildman–Crippen MR) is 172 cm³/mol. The SMILES string of the molecule is C=C.C=C=CCCNC(=C)c1ccc(C(CC2=CC(C)C(C3=CCC(C(C)C)C=C3)C(C)=C2)CC(C)C)s1. The molecule has 1 aromatic heterocycles. The van der Waals surface area contributed by atoms with E-state index < -0.39 is 0 Å². The number of hydrogen-bond acceptors (Lipinski definition) is 2. The van der Waals surface area contributed by atoms with Crippen LogP contribution >= 0.6 is 11.3 Å². The molecule has 38 heavy (non-hydrogen) atoms. The van der Waals surface area contributed by atoms with Gasteiger partial charge in [0.25, 0.3) is 0 Å². The standard InChI is InChI=1S/C34H47NS.C2H4/c1-9-10-11-18-35-27(8)32-16-17-33(36-32)31(19-23(2)3)22-28-20-25(6)34(26(7)21-28)30-14-12-29(13-15-30)24(4)5;1-2/h10,12,14-17,20-21,23-25,29,31,34-35H,1,8,11,13,18-19,22H2,2-7H3;1-2H2. The van der Waals surface area contributed by atoms with Crippen LogP contribution in [0.4, 0.5) is 0 Å². The Bertz CT molecular complexity index is 1080. The predicted octanol–water partition coefficient (Wildman–Crippen LogP) is 10.7. The molecule has 2 heteroatoms. The first-order chi connectivity index (χ1) is 18.2.